The number of anilines is 1. The Morgan fingerprint density at radius 2 is 1.44 bits per heavy atom. The van der Waals surface area contributed by atoms with E-state index in [9.17, 15) is 18.3 Å². The van der Waals surface area contributed by atoms with Gasteiger partial charge in [-0.2, -0.15) is 0 Å². The molecule has 0 aliphatic carbocycles. The number of sulfonamides is 1. The number of carboxylic acid groups (broad SMARTS) is 1. The van der Waals surface area contributed by atoms with E-state index in [-0.39, 0.29) is 16.1 Å². The number of aromatic carboxylic acids is 1. The molecule has 0 fully saturated rings. The lowest BCUT2D eigenvalue weighted by Gasteiger charge is -2.11. The van der Waals surface area contributed by atoms with Gasteiger partial charge in [0.25, 0.3) is 10.0 Å². The summed E-state index contributed by atoms with van der Waals surface area (Å²) in [5, 5.41) is 19.0. The van der Waals surface area contributed by atoms with Crippen LogP contribution in [0.2, 0.25) is 0 Å². The predicted molar refractivity (Wildman–Crippen MR) is 105 cm³/mol. The van der Waals surface area contributed by atoms with Crippen molar-refractivity contribution in [2.45, 2.75) is 4.90 Å². The zero-order valence-corrected chi connectivity index (χ0v) is 16.2. The van der Waals surface area contributed by atoms with E-state index in [4.69, 9.17) is 5.11 Å². The van der Waals surface area contributed by atoms with E-state index in [2.05, 4.69) is 20.7 Å². The fraction of sp³-hybridized carbons (Fsp3) is 0. The van der Waals surface area contributed by atoms with Crippen LogP contribution in [0.3, 0.4) is 0 Å². The Hall–Kier alpha value is -2.84. The summed E-state index contributed by atoms with van der Waals surface area (Å²) in [6, 6.07) is 17.6. The van der Waals surface area contributed by atoms with Gasteiger partial charge in [-0.25, -0.2) is 13.2 Å². The zero-order valence-electron chi connectivity index (χ0n) is 13.8. The molecular weight excluding hydrogens is 434 g/mol. The number of halogens is 1. The first-order valence-electron chi connectivity index (χ1n) is 7.72. The number of carboxylic acids is 1. The van der Waals surface area contributed by atoms with Crippen molar-refractivity contribution < 1.29 is 23.4 Å². The fourth-order valence-corrected chi connectivity index (χ4v) is 3.80. The third-order valence-electron chi connectivity index (χ3n) is 3.85. The van der Waals surface area contributed by atoms with Crippen molar-refractivity contribution in [1.29, 1.82) is 0 Å². The first-order chi connectivity index (χ1) is 12.8. The summed E-state index contributed by atoms with van der Waals surface area (Å²) in [6.45, 7) is 0. The van der Waals surface area contributed by atoms with Crippen LogP contribution in [0.25, 0.3) is 11.1 Å². The first kappa shape index (κ1) is 18.9. The van der Waals surface area contributed by atoms with Crippen LogP contribution in [0.5, 0.6) is 5.75 Å². The van der Waals surface area contributed by atoms with E-state index in [1.54, 1.807) is 12.1 Å². The molecule has 3 aromatic rings. The lowest BCUT2D eigenvalue weighted by molar-refractivity contribution is 0.0694. The quantitative estimate of drug-likeness (QED) is 0.505. The average molecular weight is 448 g/mol. The molecule has 138 valence electrons. The van der Waals surface area contributed by atoms with E-state index in [1.807, 2.05) is 24.3 Å². The van der Waals surface area contributed by atoms with Gasteiger partial charge in [0, 0.05) is 4.47 Å². The molecule has 3 aromatic carbocycles. The standard InChI is InChI=1S/C19H14BrNO5S/c20-14-8-4-12(5-9-14)13-6-10-15(11-7-13)27(25,26)21-17-3-1-2-16(18(17)22)19(23)24/h1-11,21-22H,(H,23,24). The topological polar surface area (TPSA) is 104 Å². The lowest BCUT2D eigenvalue weighted by atomic mass is 10.1. The Morgan fingerprint density at radius 3 is 2.00 bits per heavy atom. The second-order valence-corrected chi connectivity index (χ2v) is 8.24. The summed E-state index contributed by atoms with van der Waals surface area (Å²) < 4.78 is 28.3. The molecule has 0 saturated carbocycles. The number of hydrogen-bond donors (Lipinski definition) is 3. The van der Waals surface area contributed by atoms with Crippen LogP contribution in [-0.4, -0.2) is 24.6 Å². The van der Waals surface area contributed by atoms with Gasteiger partial charge in [-0.05, 0) is 47.5 Å². The molecule has 0 bridgehead atoms. The van der Waals surface area contributed by atoms with Crippen molar-refractivity contribution >= 4 is 37.6 Å². The number of carbonyl (C=O) groups is 1. The summed E-state index contributed by atoms with van der Waals surface area (Å²) in [5.41, 5.74) is 1.19. The lowest BCUT2D eigenvalue weighted by Crippen LogP contribution is -2.13. The third kappa shape index (κ3) is 4.12. The molecule has 6 nitrogen and oxygen atoms in total. The van der Waals surface area contributed by atoms with Gasteiger partial charge >= 0.3 is 5.97 Å². The SMILES string of the molecule is O=C(O)c1cccc(NS(=O)(=O)c2ccc(-c3ccc(Br)cc3)cc2)c1O. The molecule has 0 unspecified atom stereocenters. The molecular formula is C19H14BrNO5S. The molecule has 0 atom stereocenters. The Labute approximate surface area is 164 Å². The summed E-state index contributed by atoms with van der Waals surface area (Å²) in [6.07, 6.45) is 0. The van der Waals surface area contributed by atoms with Gasteiger partial charge in [0.05, 0.1) is 10.6 Å². The highest BCUT2D eigenvalue weighted by atomic mass is 79.9. The summed E-state index contributed by atoms with van der Waals surface area (Å²) in [5.74, 6) is -1.99. The highest BCUT2D eigenvalue weighted by Gasteiger charge is 2.19. The van der Waals surface area contributed by atoms with Gasteiger partial charge in [-0.3, -0.25) is 4.72 Å². The highest BCUT2D eigenvalue weighted by Crippen LogP contribution is 2.30. The second kappa shape index (κ2) is 7.42. The largest absolute Gasteiger partial charge is 0.505 e. The number of benzene rings is 3. The Kier molecular flexibility index (Phi) is 5.20. The van der Waals surface area contributed by atoms with Crippen LogP contribution >= 0.6 is 15.9 Å². The van der Waals surface area contributed by atoms with Crippen molar-refractivity contribution in [2.75, 3.05) is 4.72 Å². The number of para-hydroxylation sites is 1. The van der Waals surface area contributed by atoms with E-state index in [1.165, 1.54) is 30.3 Å². The smallest absolute Gasteiger partial charge is 0.339 e. The first-order valence-corrected chi connectivity index (χ1v) is 9.99. The van der Waals surface area contributed by atoms with Gasteiger partial charge in [0.1, 0.15) is 5.56 Å². The molecule has 0 spiro atoms. The third-order valence-corrected chi connectivity index (χ3v) is 5.76. The van der Waals surface area contributed by atoms with Gasteiger partial charge in [-0.1, -0.05) is 46.3 Å². The molecule has 0 aliphatic heterocycles. The van der Waals surface area contributed by atoms with Gasteiger partial charge < -0.3 is 10.2 Å². The summed E-state index contributed by atoms with van der Waals surface area (Å²) >= 11 is 3.36. The number of hydrogen-bond acceptors (Lipinski definition) is 4. The predicted octanol–water partition coefficient (Wildman–Crippen LogP) is 4.32. The second-order valence-electron chi connectivity index (χ2n) is 5.64. The van der Waals surface area contributed by atoms with Crippen molar-refractivity contribution in [3.63, 3.8) is 0 Å². The van der Waals surface area contributed by atoms with Crippen molar-refractivity contribution in [1.82, 2.24) is 0 Å². The van der Waals surface area contributed by atoms with Gasteiger partial charge in [0.15, 0.2) is 5.75 Å². The zero-order chi connectivity index (χ0) is 19.6. The minimum atomic E-state index is -3.99. The van der Waals surface area contributed by atoms with Crippen LogP contribution in [0.15, 0.2) is 76.1 Å². The van der Waals surface area contributed by atoms with E-state index in [0.717, 1.165) is 15.6 Å². The minimum absolute atomic E-state index is 0.0107. The maximum Gasteiger partial charge on any atom is 0.339 e. The van der Waals surface area contributed by atoms with E-state index >= 15 is 0 Å². The fourth-order valence-electron chi connectivity index (χ4n) is 2.47. The molecule has 0 aromatic heterocycles. The van der Waals surface area contributed by atoms with Gasteiger partial charge in [-0.15, -0.1) is 0 Å². The number of aromatic hydroxyl groups is 1. The summed E-state index contributed by atoms with van der Waals surface area (Å²) in [7, 11) is -3.99. The summed E-state index contributed by atoms with van der Waals surface area (Å²) in [4.78, 5) is 11.1. The molecule has 0 aliphatic rings. The maximum atomic E-state index is 12.6. The molecule has 27 heavy (non-hydrogen) atoms. The number of nitrogens with one attached hydrogen (secondary N) is 1. The number of phenols is 1. The molecule has 3 rings (SSSR count). The van der Waals surface area contributed by atoms with Crippen LogP contribution in [0.4, 0.5) is 5.69 Å². The van der Waals surface area contributed by atoms with Crippen molar-refractivity contribution in [3.05, 3.63) is 76.8 Å². The van der Waals surface area contributed by atoms with Crippen molar-refractivity contribution in [2.24, 2.45) is 0 Å². The number of rotatable bonds is 5. The average Bonchev–Trinajstić information content (AvgIpc) is 2.64. The minimum Gasteiger partial charge on any atom is -0.505 e. The Bertz CT molecular complexity index is 1090. The maximum absolute atomic E-state index is 12.6. The molecule has 0 saturated heterocycles. The van der Waals surface area contributed by atoms with Crippen LogP contribution in [0, 0.1) is 0 Å². The molecule has 0 amide bonds. The van der Waals surface area contributed by atoms with Crippen LogP contribution in [-0.2, 0) is 10.0 Å². The Balaban J connectivity index is 1.88. The molecule has 0 heterocycles. The van der Waals surface area contributed by atoms with Gasteiger partial charge in [0.2, 0.25) is 0 Å². The van der Waals surface area contributed by atoms with Crippen LogP contribution in [0.1, 0.15) is 10.4 Å². The molecule has 0 radical (unpaired) electrons. The molecule has 3 N–H and O–H groups in total. The van der Waals surface area contributed by atoms with E-state index in [0.29, 0.717) is 0 Å². The highest BCUT2D eigenvalue weighted by molar-refractivity contribution is 9.10. The Morgan fingerprint density at radius 1 is 0.889 bits per heavy atom. The molecule has 8 heteroatoms. The normalized spacial score (nSPS) is 11.1. The van der Waals surface area contributed by atoms with Crippen LogP contribution < -0.4 is 4.72 Å². The van der Waals surface area contributed by atoms with E-state index < -0.39 is 21.7 Å². The monoisotopic (exact) mass is 447 g/mol. The van der Waals surface area contributed by atoms with Crippen molar-refractivity contribution in [3.8, 4) is 16.9 Å².